The highest BCUT2D eigenvalue weighted by Crippen LogP contribution is 2.30. The fraction of sp³-hybridized carbons (Fsp3) is 0.261. The van der Waals surface area contributed by atoms with Crippen LogP contribution in [0.25, 0.3) is 16.7 Å². The van der Waals surface area contributed by atoms with E-state index in [4.69, 9.17) is 0 Å². The van der Waals surface area contributed by atoms with Crippen molar-refractivity contribution < 1.29 is 0 Å². The van der Waals surface area contributed by atoms with Crippen LogP contribution in [0.2, 0.25) is 0 Å². The Morgan fingerprint density at radius 1 is 0.920 bits per heavy atom. The van der Waals surface area contributed by atoms with Crippen molar-refractivity contribution in [2.75, 3.05) is 0 Å². The SMILES string of the molecule is CC1=NC2CC=C(c3ccc(-c4ccc(C(C)C)cc4)cc3)C=C2N1. The van der Waals surface area contributed by atoms with Gasteiger partial charge in [-0.2, -0.15) is 0 Å². The van der Waals surface area contributed by atoms with Crippen molar-refractivity contribution >= 4 is 11.4 Å². The summed E-state index contributed by atoms with van der Waals surface area (Å²) < 4.78 is 0. The summed E-state index contributed by atoms with van der Waals surface area (Å²) in [5, 5.41) is 3.38. The predicted octanol–water partition coefficient (Wildman–Crippen LogP) is 5.54. The first-order valence-electron chi connectivity index (χ1n) is 9.04. The zero-order valence-corrected chi connectivity index (χ0v) is 15.1. The van der Waals surface area contributed by atoms with Gasteiger partial charge in [0.05, 0.1) is 11.9 Å². The highest BCUT2D eigenvalue weighted by molar-refractivity contribution is 5.87. The van der Waals surface area contributed by atoms with Crippen molar-refractivity contribution in [2.45, 2.75) is 39.2 Å². The minimum Gasteiger partial charge on any atom is -0.346 e. The van der Waals surface area contributed by atoms with E-state index in [0.717, 1.165) is 12.3 Å². The number of amidine groups is 1. The van der Waals surface area contributed by atoms with Gasteiger partial charge in [0.25, 0.3) is 0 Å². The smallest absolute Gasteiger partial charge is 0.0982 e. The number of allylic oxidation sites excluding steroid dienone is 2. The molecular formula is C23H24N2. The molecule has 1 N–H and O–H groups in total. The Balaban J connectivity index is 1.55. The highest BCUT2D eigenvalue weighted by Gasteiger charge is 2.23. The third-order valence-corrected chi connectivity index (χ3v) is 5.03. The minimum atomic E-state index is 0.294. The number of nitrogens with one attached hydrogen (secondary N) is 1. The van der Waals surface area contributed by atoms with Gasteiger partial charge in [-0.15, -0.1) is 0 Å². The molecule has 1 unspecified atom stereocenters. The maximum Gasteiger partial charge on any atom is 0.0982 e. The summed E-state index contributed by atoms with van der Waals surface area (Å²) in [6.07, 6.45) is 5.51. The largest absolute Gasteiger partial charge is 0.346 e. The van der Waals surface area contributed by atoms with E-state index in [1.807, 2.05) is 6.92 Å². The lowest BCUT2D eigenvalue weighted by Gasteiger charge is -2.16. The van der Waals surface area contributed by atoms with E-state index in [2.05, 4.69) is 84.8 Å². The molecule has 2 aliphatic rings. The standard InChI is InChI=1S/C23H24N2/c1-15(2)17-4-6-18(7-5-17)19-8-10-20(11-9-19)21-12-13-22-23(14-21)25-16(3)24-22/h4-12,14-15,22H,13H2,1-3H3,(H,24,25). The molecule has 0 spiro atoms. The van der Waals surface area contributed by atoms with Crippen molar-refractivity contribution in [3.8, 4) is 11.1 Å². The van der Waals surface area contributed by atoms with E-state index in [0.29, 0.717) is 12.0 Å². The lowest BCUT2D eigenvalue weighted by Crippen LogP contribution is -2.18. The quantitative estimate of drug-likeness (QED) is 0.786. The lowest BCUT2D eigenvalue weighted by atomic mass is 9.93. The van der Waals surface area contributed by atoms with Crippen molar-refractivity contribution in [3.63, 3.8) is 0 Å². The van der Waals surface area contributed by atoms with E-state index >= 15 is 0 Å². The van der Waals surface area contributed by atoms with Gasteiger partial charge in [-0.05, 0) is 53.2 Å². The zero-order chi connectivity index (χ0) is 17.4. The average Bonchev–Trinajstić information content (AvgIpc) is 3.01. The summed E-state index contributed by atoms with van der Waals surface area (Å²) in [6.45, 7) is 6.48. The summed E-state index contributed by atoms with van der Waals surface area (Å²) in [5.41, 5.74) is 7.69. The summed E-state index contributed by atoms with van der Waals surface area (Å²) in [7, 11) is 0. The van der Waals surface area contributed by atoms with Crippen molar-refractivity contribution in [1.82, 2.24) is 5.32 Å². The van der Waals surface area contributed by atoms with Crippen LogP contribution in [0.1, 0.15) is 44.2 Å². The van der Waals surface area contributed by atoms with Crippen LogP contribution in [-0.4, -0.2) is 11.9 Å². The highest BCUT2D eigenvalue weighted by atomic mass is 15.1. The second-order valence-electron chi connectivity index (χ2n) is 7.20. The molecule has 0 bridgehead atoms. The fourth-order valence-corrected chi connectivity index (χ4v) is 3.52. The molecule has 0 saturated heterocycles. The van der Waals surface area contributed by atoms with Crippen LogP contribution in [0.5, 0.6) is 0 Å². The molecule has 4 rings (SSSR count). The Hall–Kier alpha value is -2.61. The molecule has 25 heavy (non-hydrogen) atoms. The molecule has 126 valence electrons. The van der Waals surface area contributed by atoms with E-state index < -0.39 is 0 Å². The van der Waals surface area contributed by atoms with Gasteiger partial charge < -0.3 is 5.32 Å². The minimum absolute atomic E-state index is 0.294. The molecule has 0 fully saturated rings. The summed E-state index contributed by atoms with van der Waals surface area (Å²) in [4.78, 5) is 4.60. The number of rotatable bonds is 3. The topological polar surface area (TPSA) is 24.4 Å². The number of hydrogen-bond acceptors (Lipinski definition) is 2. The van der Waals surface area contributed by atoms with Gasteiger partial charge in [0.2, 0.25) is 0 Å². The van der Waals surface area contributed by atoms with Crippen LogP contribution >= 0.6 is 0 Å². The Morgan fingerprint density at radius 2 is 1.52 bits per heavy atom. The van der Waals surface area contributed by atoms with Gasteiger partial charge in [0.1, 0.15) is 0 Å². The van der Waals surface area contributed by atoms with Gasteiger partial charge in [-0.1, -0.05) is 68.5 Å². The molecule has 0 aromatic heterocycles. The Bertz CT molecular complexity index is 865. The normalized spacial score (nSPS) is 19.0. The third-order valence-electron chi connectivity index (χ3n) is 5.03. The van der Waals surface area contributed by atoms with Gasteiger partial charge in [-0.25, -0.2) is 0 Å². The maximum atomic E-state index is 4.60. The van der Waals surface area contributed by atoms with E-state index in [1.165, 1.54) is 33.5 Å². The monoisotopic (exact) mass is 328 g/mol. The van der Waals surface area contributed by atoms with Crippen LogP contribution in [0.4, 0.5) is 0 Å². The van der Waals surface area contributed by atoms with Gasteiger partial charge in [-0.3, -0.25) is 4.99 Å². The second-order valence-corrected chi connectivity index (χ2v) is 7.20. The first-order chi connectivity index (χ1) is 12.1. The molecule has 1 aliphatic heterocycles. The molecule has 2 aromatic rings. The van der Waals surface area contributed by atoms with Gasteiger partial charge >= 0.3 is 0 Å². The second kappa shape index (κ2) is 6.36. The number of nitrogens with zero attached hydrogens (tertiary/aromatic N) is 1. The van der Waals surface area contributed by atoms with Gasteiger partial charge in [0, 0.05) is 5.70 Å². The first-order valence-corrected chi connectivity index (χ1v) is 9.04. The number of hydrogen-bond donors (Lipinski definition) is 1. The summed E-state index contributed by atoms with van der Waals surface area (Å²) in [5.74, 6) is 1.59. The summed E-state index contributed by atoms with van der Waals surface area (Å²) in [6, 6.07) is 18.1. The molecule has 0 saturated carbocycles. The Kier molecular flexibility index (Phi) is 4.04. The fourth-order valence-electron chi connectivity index (χ4n) is 3.52. The van der Waals surface area contributed by atoms with Crippen molar-refractivity contribution in [2.24, 2.45) is 4.99 Å². The van der Waals surface area contributed by atoms with Gasteiger partial charge in [0.15, 0.2) is 0 Å². The lowest BCUT2D eigenvalue weighted by molar-refractivity contribution is 0.787. The van der Waals surface area contributed by atoms with Crippen LogP contribution < -0.4 is 5.32 Å². The molecular weight excluding hydrogens is 304 g/mol. The van der Waals surface area contributed by atoms with Crippen molar-refractivity contribution in [3.05, 3.63) is 77.5 Å². The Labute approximate surface area is 150 Å². The molecule has 1 heterocycles. The third kappa shape index (κ3) is 3.17. The zero-order valence-electron chi connectivity index (χ0n) is 15.1. The summed E-state index contributed by atoms with van der Waals surface area (Å²) >= 11 is 0. The predicted molar refractivity (Wildman–Crippen MR) is 107 cm³/mol. The maximum absolute atomic E-state index is 4.60. The molecule has 0 amide bonds. The molecule has 2 nitrogen and oxygen atoms in total. The van der Waals surface area contributed by atoms with Crippen LogP contribution in [0, 0.1) is 0 Å². The Morgan fingerprint density at radius 3 is 2.16 bits per heavy atom. The number of benzene rings is 2. The van der Waals surface area contributed by atoms with Crippen LogP contribution in [0.15, 0.2) is 71.4 Å². The van der Waals surface area contributed by atoms with E-state index in [-0.39, 0.29) is 0 Å². The number of fused-ring (bicyclic) bond motifs is 1. The molecule has 2 aromatic carbocycles. The van der Waals surface area contributed by atoms with E-state index in [1.54, 1.807) is 0 Å². The first kappa shape index (κ1) is 15.9. The van der Waals surface area contributed by atoms with Crippen molar-refractivity contribution in [1.29, 1.82) is 0 Å². The molecule has 0 radical (unpaired) electrons. The molecule has 1 atom stereocenters. The van der Waals surface area contributed by atoms with Crippen LogP contribution in [0.3, 0.4) is 0 Å². The average molecular weight is 328 g/mol. The molecule has 2 heteroatoms. The van der Waals surface area contributed by atoms with Crippen LogP contribution in [-0.2, 0) is 0 Å². The molecule has 1 aliphatic carbocycles. The van der Waals surface area contributed by atoms with E-state index in [9.17, 15) is 0 Å². The number of aliphatic imine (C=N–C) groups is 1.